The molecule has 0 aromatic rings. The number of ketones is 1. The fourth-order valence-corrected chi connectivity index (χ4v) is 3.09. The Bertz CT molecular complexity index is 322. The summed E-state index contributed by atoms with van der Waals surface area (Å²) < 4.78 is 0. The molecule has 4 heteroatoms. The summed E-state index contributed by atoms with van der Waals surface area (Å²) in [4.78, 5) is 28.2. The number of Topliss-reactive ketones (excluding diaryl/α,β-unsaturated/α-hetero) is 1. The summed E-state index contributed by atoms with van der Waals surface area (Å²) in [5.41, 5.74) is 0. The zero-order valence-electron chi connectivity index (χ0n) is 12.1. The van der Waals surface area contributed by atoms with Gasteiger partial charge in [0.15, 0.2) is 0 Å². The molecule has 108 valence electrons. The first-order valence-electron chi connectivity index (χ1n) is 7.73. The average molecular weight is 266 g/mol. The minimum absolute atomic E-state index is 0.144. The third-order valence-electron chi connectivity index (χ3n) is 4.42. The van der Waals surface area contributed by atoms with Gasteiger partial charge in [0.2, 0.25) is 5.91 Å². The van der Waals surface area contributed by atoms with Crippen LogP contribution in [0.25, 0.3) is 0 Å². The third-order valence-corrected chi connectivity index (χ3v) is 4.42. The van der Waals surface area contributed by atoms with Crippen LogP contribution in [0.5, 0.6) is 0 Å². The molecule has 1 unspecified atom stereocenters. The fraction of sp³-hybridized carbons (Fsp3) is 0.867. The molecule has 0 saturated carbocycles. The van der Waals surface area contributed by atoms with Crippen molar-refractivity contribution in [3.8, 4) is 0 Å². The number of carbonyl (C=O) groups is 2. The maximum Gasteiger partial charge on any atom is 0.236 e. The Balaban J connectivity index is 1.82. The highest BCUT2D eigenvalue weighted by molar-refractivity contribution is 5.83. The maximum absolute atomic E-state index is 12.3. The van der Waals surface area contributed by atoms with E-state index in [9.17, 15) is 9.59 Å². The SMILES string of the molecule is CCC1CN(CC(=O)N2CCCCCC2)CCC1=O. The quantitative estimate of drug-likeness (QED) is 0.780. The van der Waals surface area contributed by atoms with Gasteiger partial charge in [0.05, 0.1) is 6.54 Å². The molecule has 2 aliphatic rings. The van der Waals surface area contributed by atoms with E-state index in [-0.39, 0.29) is 11.8 Å². The van der Waals surface area contributed by atoms with E-state index in [1.165, 1.54) is 12.8 Å². The Labute approximate surface area is 116 Å². The van der Waals surface area contributed by atoms with Crippen LogP contribution in [0.1, 0.15) is 45.4 Å². The van der Waals surface area contributed by atoms with Gasteiger partial charge in [0.1, 0.15) is 5.78 Å². The minimum Gasteiger partial charge on any atom is -0.342 e. The molecule has 0 aromatic heterocycles. The average Bonchev–Trinajstić information content (AvgIpc) is 2.70. The summed E-state index contributed by atoms with van der Waals surface area (Å²) in [7, 11) is 0. The number of rotatable bonds is 3. The molecule has 2 fully saturated rings. The van der Waals surface area contributed by atoms with Crippen LogP contribution in [0.15, 0.2) is 0 Å². The van der Waals surface area contributed by atoms with Gasteiger partial charge in [-0.25, -0.2) is 0 Å². The summed E-state index contributed by atoms with van der Waals surface area (Å²) in [5.74, 6) is 0.776. The van der Waals surface area contributed by atoms with Gasteiger partial charge in [-0.2, -0.15) is 0 Å². The summed E-state index contributed by atoms with van der Waals surface area (Å²) in [5, 5.41) is 0. The topological polar surface area (TPSA) is 40.6 Å². The number of piperidine rings is 1. The lowest BCUT2D eigenvalue weighted by Gasteiger charge is -2.32. The van der Waals surface area contributed by atoms with Crippen molar-refractivity contribution in [2.24, 2.45) is 5.92 Å². The summed E-state index contributed by atoms with van der Waals surface area (Å²) in [6, 6.07) is 0. The number of nitrogens with zero attached hydrogens (tertiary/aromatic N) is 2. The van der Waals surface area contributed by atoms with Crippen LogP contribution in [0.3, 0.4) is 0 Å². The fourth-order valence-electron chi connectivity index (χ4n) is 3.09. The Morgan fingerprint density at radius 3 is 2.47 bits per heavy atom. The highest BCUT2D eigenvalue weighted by Crippen LogP contribution is 2.16. The minimum atomic E-state index is 0.144. The number of hydrogen-bond donors (Lipinski definition) is 0. The third kappa shape index (κ3) is 4.03. The normalized spacial score (nSPS) is 26.3. The highest BCUT2D eigenvalue weighted by Gasteiger charge is 2.27. The molecule has 0 radical (unpaired) electrons. The van der Waals surface area contributed by atoms with E-state index in [1.54, 1.807) is 0 Å². The van der Waals surface area contributed by atoms with Gasteiger partial charge in [-0.3, -0.25) is 14.5 Å². The van der Waals surface area contributed by atoms with Crippen molar-refractivity contribution in [2.45, 2.75) is 45.4 Å². The molecule has 0 N–H and O–H groups in total. The zero-order valence-corrected chi connectivity index (χ0v) is 12.1. The van der Waals surface area contributed by atoms with Crippen molar-refractivity contribution in [1.82, 2.24) is 9.80 Å². The molecule has 2 heterocycles. The van der Waals surface area contributed by atoms with Crippen molar-refractivity contribution >= 4 is 11.7 Å². The van der Waals surface area contributed by atoms with Gasteiger partial charge in [0.25, 0.3) is 0 Å². The lowest BCUT2D eigenvalue weighted by atomic mass is 9.94. The van der Waals surface area contributed by atoms with E-state index >= 15 is 0 Å². The molecule has 1 atom stereocenters. The van der Waals surface area contributed by atoms with E-state index in [2.05, 4.69) is 11.8 Å². The molecule has 0 bridgehead atoms. The first kappa shape index (κ1) is 14.5. The molecule has 0 aliphatic carbocycles. The number of hydrogen-bond acceptors (Lipinski definition) is 3. The molecule has 19 heavy (non-hydrogen) atoms. The number of amides is 1. The molecule has 1 amide bonds. The summed E-state index contributed by atoms with van der Waals surface area (Å²) >= 11 is 0. The van der Waals surface area contributed by atoms with Gasteiger partial charge < -0.3 is 4.90 Å². The second-order valence-electron chi connectivity index (χ2n) is 5.85. The second kappa shape index (κ2) is 7.04. The Hall–Kier alpha value is -0.900. The number of carbonyl (C=O) groups excluding carboxylic acids is 2. The molecular formula is C15H26N2O2. The van der Waals surface area contributed by atoms with Crippen LogP contribution in [-0.4, -0.2) is 54.2 Å². The molecule has 4 nitrogen and oxygen atoms in total. The van der Waals surface area contributed by atoms with Crippen LogP contribution in [-0.2, 0) is 9.59 Å². The largest absolute Gasteiger partial charge is 0.342 e. The van der Waals surface area contributed by atoms with Crippen molar-refractivity contribution in [2.75, 3.05) is 32.7 Å². The molecule has 2 aliphatic heterocycles. The maximum atomic E-state index is 12.3. The van der Waals surface area contributed by atoms with Gasteiger partial charge in [-0.1, -0.05) is 19.8 Å². The van der Waals surface area contributed by atoms with Gasteiger partial charge in [0, 0.05) is 38.5 Å². The van der Waals surface area contributed by atoms with Crippen molar-refractivity contribution < 1.29 is 9.59 Å². The molecule has 2 saturated heterocycles. The predicted octanol–water partition coefficient (Wildman–Crippen LogP) is 1.69. The van der Waals surface area contributed by atoms with Gasteiger partial charge >= 0.3 is 0 Å². The van der Waals surface area contributed by atoms with Gasteiger partial charge in [-0.15, -0.1) is 0 Å². The zero-order chi connectivity index (χ0) is 13.7. The van der Waals surface area contributed by atoms with Gasteiger partial charge in [-0.05, 0) is 19.3 Å². The number of likely N-dealkylation sites (tertiary alicyclic amines) is 2. The monoisotopic (exact) mass is 266 g/mol. The second-order valence-corrected chi connectivity index (χ2v) is 5.85. The first-order valence-corrected chi connectivity index (χ1v) is 7.73. The standard InChI is InChI=1S/C15H26N2O2/c1-2-13-11-16(10-7-14(13)18)12-15(19)17-8-5-3-4-6-9-17/h13H,2-12H2,1H3. The Kier molecular flexibility index (Phi) is 5.37. The van der Waals surface area contributed by atoms with E-state index in [4.69, 9.17) is 0 Å². The highest BCUT2D eigenvalue weighted by atomic mass is 16.2. The molecule has 0 spiro atoms. The first-order chi connectivity index (χ1) is 9.20. The lowest BCUT2D eigenvalue weighted by Crippen LogP contribution is -2.46. The van der Waals surface area contributed by atoms with E-state index in [1.807, 2.05) is 4.90 Å². The molecular weight excluding hydrogens is 240 g/mol. The molecule has 0 aromatic carbocycles. The van der Waals surface area contributed by atoms with Crippen molar-refractivity contribution in [1.29, 1.82) is 0 Å². The van der Waals surface area contributed by atoms with E-state index in [0.717, 1.165) is 45.4 Å². The van der Waals surface area contributed by atoms with E-state index < -0.39 is 0 Å². The van der Waals surface area contributed by atoms with Crippen molar-refractivity contribution in [3.05, 3.63) is 0 Å². The Morgan fingerprint density at radius 1 is 1.16 bits per heavy atom. The predicted molar refractivity (Wildman–Crippen MR) is 74.9 cm³/mol. The lowest BCUT2D eigenvalue weighted by molar-refractivity contribution is -0.135. The smallest absolute Gasteiger partial charge is 0.236 e. The summed E-state index contributed by atoms with van der Waals surface area (Å²) in [6.45, 7) is 5.93. The summed E-state index contributed by atoms with van der Waals surface area (Å²) in [6.07, 6.45) is 6.29. The van der Waals surface area contributed by atoms with Crippen LogP contribution in [0.2, 0.25) is 0 Å². The Morgan fingerprint density at radius 2 is 1.84 bits per heavy atom. The van der Waals surface area contributed by atoms with Crippen LogP contribution >= 0.6 is 0 Å². The van der Waals surface area contributed by atoms with E-state index in [0.29, 0.717) is 18.7 Å². The van der Waals surface area contributed by atoms with Crippen molar-refractivity contribution in [3.63, 3.8) is 0 Å². The molecule has 2 rings (SSSR count). The van der Waals surface area contributed by atoms with Crippen LogP contribution < -0.4 is 0 Å². The van der Waals surface area contributed by atoms with Crippen LogP contribution in [0, 0.1) is 5.92 Å². The van der Waals surface area contributed by atoms with Crippen LogP contribution in [0.4, 0.5) is 0 Å².